The van der Waals surface area contributed by atoms with Crippen molar-refractivity contribution in [3.8, 4) is 0 Å². The lowest BCUT2D eigenvalue weighted by atomic mass is 9.96. The van der Waals surface area contributed by atoms with Crippen LogP contribution in [0.15, 0.2) is 0 Å². The highest BCUT2D eigenvalue weighted by Gasteiger charge is 2.27. The Morgan fingerprint density at radius 2 is 1.45 bits per heavy atom. The standard InChI is InChI=1S/C13H21NO8/c1-2-9(15)4-3-8(13(21)22)5-10(16)14(6-11(17)18)7-12(19)20/h8-9,15H,2-7H2,1H3,(H,17,18)(H,19,20)(H,21,22). The number of hydrogen-bond acceptors (Lipinski definition) is 5. The van der Waals surface area contributed by atoms with E-state index in [1.54, 1.807) is 6.92 Å². The van der Waals surface area contributed by atoms with Gasteiger partial charge in [-0.25, -0.2) is 0 Å². The number of carboxylic acid groups (broad SMARTS) is 3. The van der Waals surface area contributed by atoms with E-state index in [4.69, 9.17) is 15.3 Å². The zero-order valence-electron chi connectivity index (χ0n) is 12.3. The summed E-state index contributed by atoms with van der Waals surface area (Å²) in [5, 5.41) is 35.8. The SMILES string of the molecule is CCC(O)CCC(CC(=O)N(CC(=O)O)CC(=O)O)C(=O)O. The third-order valence-electron chi connectivity index (χ3n) is 3.09. The molecule has 22 heavy (non-hydrogen) atoms. The second kappa shape index (κ2) is 9.72. The van der Waals surface area contributed by atoms with Gasteiger partial charge in [0.1, 0.15) is 13.1 Å². The molecular weight excluding hydrogens is 298 g/mol. The first-order chi connectivity index (χ1) is 10.2. The Hall–Kier alpha value is -2.16. The van der Waals surface area contributed by atoms with Gasteiger partial charge in [0.25, 0.3) is 0 Å². The van der Waals surface area contributed by atoms with E-state index < -0.39 is 55.3 Å². The minimum atomic E-state index is -1.39. The topological polar surface area (TPSA) is 152 Å². The predicted molar refractivity (Wildman–Crippen MR) is 73.1 cm³/mol. The molecule has 0 heterocycles. The summed E-state index contributed by atoms with van der Waals surface area (Å²) in [6, 6.07) is 0. The molecule has 1 amide bonds. The van der Waals surface area contributed by atoms with Crippen molar-refractivity contribution >= 4 is 23.8 Å². The average Bonchev–Trinajstić information content (AvgIpc) is 2.40. The van der Waals surface area contributed by atoms with Crippen LogP contribution in [0.5, 0.6) is 0 Å². The van der Waals surface area contributed by atoms with E-state index in [1.165, 1.54) is 0 Å². The molecule has 126 valence electrons. The first kappa shape index (κ1) is 19.8. The number of rotatable bonds is 11. The van der Waals surface area contributed by atoms with Crippen LogP contribution in [0.2, 0.25) is 0 Å². The first-order valence-electron chi connectivity index (χ1n) is 6.79. The van der Waals surface area contributed by atoms with Crippen LogP contribution in [-0.4, -0.2) is 68.3 Å². The van der Waals surface area contributed by atoms with Gasteiger partial charge in [-0.3, -0.25) is 19.2 Å². The highest BCUT2D eigenvalue weighted by molar-refractivity contribution is 5.87. The molecular formula is C13H21NO8. The molecule has 9 heteroatoms. The van der Waals surface area contributed by atoms with E-state index in [0.717, 1.165) is 0 Å². The molecule has 0 saturated heterocycles. The number of aliphatic hydroxyl groups is 1. The smallest absolute Gasteiger partial charge is 0.323 e. The van der Waals surface area contributed by atoms with Gasteiger partial charge in [-0.15, -0.1) is 0 Å². The van der Waals surface area contributed by atoms with Crippen molar-refractivity contribution in [2.24, 2.45) is 5.92 Å². The van der Waals surface area contributed by atoms with Gasteiger partial charge in [0.15, 0.2) is 0 Å². The van der Waals surface area contributed by atoms with Crippen LogP contribution in [0.25, 0.3) is 0 Å². The van der Waals surface area contributed by atoms with Crippen LogP contribution in [0.1, 0.15) is 32.6 Å². The number of aliphatic hydroxyl groups excluding tert-OH is 1. The Labute approximate surface area is 127 Å². The van der Waals surface area contributed by atoms with E-state index in [0.29, 0.717) is 11.3 Å². The molecule has 0 aromatic heterocycles. The number of hydrogen-bond donors (Lipinski definition) is 4. The Morgan fingerprint density at radius 3 is 1.82 bits per heavy atom. The number of aliphatic carboxylic acids is 3. The number of carbonyl (C=O) groups is 4. The number of amides is 1. The molecule has 4 N–H and O–H groups in total. The van der Waals surface area contributed by atoms with Crippen molar-refractivity contribution in [2.75, 3.05) is 13.1 Å². The monoisotopic (exact) mass is 319 g/mol. The molecule has 0 aromatic rings. The average molecular weight is 319 g/mol. The summed E-state index contributed by atoms with van der Waals surface area (Å²) < 4.78 is 0. The van der Waals surface area contributed by atoms with Crippen LogP contribution >= 0.6 is 0 Å². The summed E-state index contributed by atoms with van der Waals surface area (Å²) in [7, 11) is 0. The van der Waals surface area contributed by atoms with Crippen molar-refractivity contribution in [1.82, 2.24) is 4.90 Å². The zero-order chi connectivity index (χ0) is 17.3. The van der Waals surface area contributed by atoms with Crippen LogP contribution in [0.4, 0.5) is 0 Å². The van der Waals surface area contributed by atoms with Gasteiger partial charge in [-0.2, -0.15) is 0 Å². The van der Waals surface area contributed by atoms with Gasteiger partial charge in [-0.1, -0.05) is 6.92 Å². The van der Waals surface area contributed by atoms with Gasteiger partial charge in [0.2, 0.25) is 5.91 Å². The quantitative estimate of drug-likeness (QED) is 0.402. The molecule has 0 spiro atoms. The van der Waals surface area contributed by atoms with E-state index in [9.17, 15) is 24.3 Å². The number of nitrogens with zero attached hydrogens (tertiary/aromatic N) is 1. The van der Waals surface area contributed by atoms with Crippen molar-refractivity contribution in [3.63, 3.8) is 0 Å². The normalized spacial score (nSPS) is 13.2. The van der Waals surface area contributed by atoms with Crippen molar-refractivity contribution in [1.29, 1.82) is 0 Å². The van der Waals surface area contributed by atoms with Crippen LogP contribution in [-0.2, 0) is 19.2 Å². The first-order valence-corrected chi connectivity index (χ1v) is 6.79. The predicted octanol–water partition coefficient (Wildman–Crippen LogP) is -0.374. The summed E-state index contributed by atoms with van der Waals surface area (Å²) >= 11 is 0. The van der Waals surface area contributed by atoms with Crippen LogP contribution < -0.4 is 0 Å². The Balaban J connectivity index is 4.77. The number of carbonyl (C=O) groups excluding carboxylic acids is 1. The fourth-order valence-electron chi connectivity index (χ4n) is 1.81. The van der Waals surface area contributed by atoms with Gasteiger partial charge in [0, 0.05) is 6.42 Å². The number of carboxylic acids is 3. The summed E-state index contributed by atoms with van der Waals surface area (Å²) in [6.45, 7) is 0.108. The Bertz CT molecular complexity index is 406. The molecule has 0 radical (unpaired) electrons. The van der Waals surface area contributed by atoms with Crippen molar-refractivity contribution in [2.45, 2.75) is 38.7 Å². The van der Waals surface area contributed by atoms with Crippen molar-refractivity contribution < 1.29 is 39.6 Å². The summed E-state index contributed by atoms with van der Waals surface area (Å²) in [4.78, 5) is 44.9. The lowest BCUT2D eigenvalue weighted by Gasteiger charge is -2.21. The maximum Gasteiger partial charge on any atom is 0.323 e. The van der Waals surface area contributed by atoms with Gasteiger partial charge < -0.3 is 25.3 Å². The summed E-state index contributed by atoms with van der Waals surface area (Å²) in [6.07, 6.45) is -0.495. The van der Waals surface area contributed by atoms with E-state index in [1.807, 2.05) is 0 Å². The van der Waals surface area contributed by atoms with Gasteiger partial charge >= 0.3 is 17.9 Å². The summed E-state index contributed by atoms with van der Waals surface area (Å²) in [5.74, 6) is -5.98. The lowest BCUT2D eigenvalue weighted by molar-refractivity contribution is -0.151. The third-order valence-corrected chi connectivity index (χ3v) is 3.09. The van der Waals surface area contributed by atoms with E-state index in [-0.39, 0.29) is 12.8 Å². The van der Waals surface area contributed by atoms with E-state index in [2.05, 4.69) is 0 Å². The maximum absolute atomic E-state index is 11.9. The highest BCUT2D eigenvalue weighted by Crippen LogP contribution is 2.16. The summed E-state index contributed by atoms with van der Waals surface area (Å²) in [5.41, 5.74) is 0. The molecule has 0 aliphatic heterocycles. The van der Waals surface area contributed by atoms with E-state index >= 15 is 0 Å². The fourth-order valence-corrected chi connectivity index (χ4v) is 1.81. The van der Waals surface area contributed by atoms with Crippen LogP contribution in [0.3, 0.4) is 0 Å². The molecule has 2 atom stereocenters. The molecule has 9 nitrogen and oxygen atoms in total. The van der Waals surface area contributed by atoms with Crippen LogP contribution in [0, 0.1) is 5.92 Å². The fraction of sp³-hybridized carbons (Fsp3) is 0.692. The maximum atomic E-state index is 11.9. The minimum absolute atomic E-state index is 0.0457. The molecule has 0 aliphatic carbocycles. The molecule has 0 aliphatic rings. The van der Waals surface area contributed by atoms with Gasteiger partial charge in [0.05, 0.1) is 12.0 Å². The molecule has 0 rings (SSSR count). The second-order valence-corrected chi connectivity index (χ2v) is 4.92. The lowest BCUT2D eigenvalue weighted by Crippen LogP contribution is -2.40. The zero-order valence-corrected chi connectivity index (χ0v) is 12.3. The molecule has 2 unspecified atom stereocenters. The van der Waals surface area contributed by atoms with Gasteiger partial charge in [-0.05, 0) is 19.3 Å². The molecule has 0 aromatic carbocycles. The van der Waals surface area contributed by atoms with Crippen molar-refractivity contribution in [3.05, 3.63) is 0 Å². The molecule has 0 bridgehead atoms. The molecule has 0 fully saturated rings. The highest BCUT2D eigenvalue weighted by atomic mass is 16.4. The molecule has 0 saturated carbocycles. The largest absolute Gasteiger partial charge is 0.481 e. The minimum Gasteiger partial charge on any atom is -0.481 e. The Kier molecular flexibility index (Phi) is 8.76. The Morgan fingerprint density at radius 1 is 0.955 bits per heavy atom. The third kappa shape index (κ3) is 8.20. The second-order valence-electron chi connectivity index (χ2n) is 4.92.